The van der Waals surface area contributed by atoms with Crippen molar-refractivity contribution in [3.63, 3.8) is 0 Å². The first-order chi connectivity index (χ1) is 8.55. The summed E-state index contributed by atoms with van der Waals surface area (Å²) in [5.41, 5.74) is -0.432. The van der Waals surface area contributed by atoms with Gasteiger partial charge in [0.05, 0.1) is 23.8 Å². The molecule has 1 unspecified atom stereocenters. The number of rotatable bonds is 4. The molecule has 0 saturated heterocycles. The number of aryl methyl sites for hydroxylation is 1. The Morgan fingerprint density at radius 3 is 2.78 bits per heavy atom. The van der Waals surface area contributed by atoms with E-state index in [9.17, 15) is 9.50 Å². The van der Waals surface area contributed by atoms with Crippen molar-refractivity contribution < 1.29 is 9.50 Å². The topological polar surface area (TPSA) is 63.8 Å². The lowest BCUT2D eigenvalue weighted by molar-refractivity contribution is 0.0866. The molecule has 18 heavy (non-hydrogen) atoms. The van der Waals surface area contributed by atoms with E-state index in [0.717, 1.165) is 12.6 Å². The van der Waals surface area contributed by atoms with Crippen molar-refractivity contribution in [1.82, 2.24) is 20.0 Å². The van der Waals surface area contributed by atoms with Crippen LogP contribution in [-0.2, 0) is 12.1 Å². The maximum atomic E-state index is 12.8. The van der Waals surface area contributed by atoms with E-state index in [1.165, 1.54) is 18.3 Å². The number of aliphatic hydroxyl groups is 1. The molecule has 0 fully saturated rings. The Hall–Kier alpha value is -1.82. The fourth-order valence-corrected chi connectivity index (χ4v) is 1.81. The standard InChI is InChI=1S/C12H15FN4O/c1-3-6-17-11(8-15-16-17)12(2,18)10-5-4-9(13)7-14-10/h4-5,7-8,18H,3,6H2,1-2H3. The van der Waals surface area contributed by atoms with E-state index >= 15 is 0 Å². The van der Waals surface area contributed by atoms with Crippen LogP contribution in [0.5, 0.6) is 0 Å². The minimum atomic E-state index is -1.34. The molecule has 0 spiro atoms. The zero-order valence-corrected chi connectivity index (χ0v) is 10.3. The Morgan fingerprint density at radius 1 is 1.39 bits per heavy atom. The zero-order chi connectivity index (χ0) is 13.2. The van der Waals surface area contributed by atoms with Gasteiger partial charge in [-0.05, 0) is 25.5 Å². The third-order valence-corrected chi connectivity index (χ3v) is 2.78. The number of aromatic nitrogens is 4. The fourth-order valence-electron chi connectivity index (χ4n) is 1.81. The highest BCUT2D eigenvalue weighted by Crippen LogP contribution is 2.26. The van der Waals surface area contributed by atoms with Crippen molar-refractivity contribution in [2.75, 3.05) is 0 Å². The van der Waals surface area contributed by atoms with Gasteiger partial charge >= 0.3 is 0 Å². The van der Waals surface area contributed by atoms with Crippen LogP contribution in [0, 0.1) is 5.82 Å². The van der Waals surface area contributed by atoms with E-state index in [1.807, 2.05) is 6.92 Å². The van der Waals surface area contributed by atoms with Crippen molar-refractivity contribution >= 4 is 0 Å². The summed E-state index contributed by atoms with van der Waals surface area (Å²) in [5, 5.41) is 18.3. The van der Waals surface area contributed by atoms with E-state index in [2.05, 4.69) is 15.3 Å². The lowest BCUT2D eigenvalue weighted by atomic mass is 9.98. The van der Waals surface area contributed by atoms with Crippen molar-refractivity contribution in [3.8, 4) is 0 Å². The number of halogens is 1. The first-order valence-electron chi connectivity index (χ1n) is 5.79. The molecule has 0 aliphatic rings. The highest BCUT2D eigenvalue weighted by molar-refractivity contribution is 5.24. The second-order valence-electron chi connectivity index (χ2n) is 4.28. The minimum Gasteiger partial charge on any atom is -0.377 e. The van der Waals surface area contributed by atoms with E-state index in [1.54, 1.807) is 11.6 Å². The van der Waals surface area contributed by atoms with Gasteiger partial charge < -0.3 is 5.11 Å². The highest BCUT2D eigenvalue weighted by atomic mass is 19.1. The molecule has 2 aromatic rings. The van der Waals surface area contributed by atoms with Crippen LogP contribution in [-0.4, -0.2) is 25.1 Å². The number of hydrogen-bond donors (Lipinski definition) is 1. The second-order valence-corrected chi connectivity index (χ2v) is 4.28. The number of nitrogens with zero attached hydrogens (tertiary/aromatic N) is 4. The summed E-state index contributed by atoms with van der Waals surface area (Å²) in [7, 11) is 0. The smallest absolute Gasteiger partial charge is 0.147 e. The normalized spacial score (nSPS) is 14.4. The maximum absolute atomic E-state index is 12.8. The highest BCUT2D eigenvalue weighted by Gasteiger charge is 2.31. The quantitative estimate of drug-likeness (QED) is 0.892. The predicted octanol–water partition coefficient (Wildman–Crippen LogP) is 1.48. The van der Waals surface area contributed by atoms with Crippen LogP contribution in [0.15, 0.2) is 24.5 Å². The van der Waals surface area contributed by atoms with Crippen molar-refractivity contribution in [3.05, 3.63) is 41.7 Å². The van der Waals surface area contributed by atoms with Crippen LogP contribution in [0.1, 0.15) is 31.7 Å². The van der Waals surface area contributed by atoms with Gasteiger partial charge in [0.2, 0.25) is 0 Å². The zero-order valence-electron chi connectivity index (χ0n) is 10.3. The molecule has 0 amide bonds. The Bertz CT molecular complexity index is 521. The molecular formula is C12H15FN4O. The van der Waals surface area contributed by atoms with Crippen LogP contribution >= 0.6 is 0 Å². The first-order valence-corrected chi connectivity index (χ1v) is 5.79. The third kappa shape index (κ3) is 2.24. The fraction of sp³-hybridized carbons (Fsp3) is 0.417. The molecule has 0 bridgehead atoms. The van der Waals surface area contributed by atoms with Crippen LogP contribution in [0.2, 0.25) is 0 Å². The number of pyridine rings is 1. The maximum Gasteiger partial charge on any atom is 0.147 e. The molecule has 0 aliphatic carbocycles. The Kier molecular flexibility index (Phi) is 3.38. The van der Waals surface area contributed by atoms with Gasteiger partial charge in [-0.25, -0.2) is 9.07 Å². The summed E-state index contributed by atoms with van der Waals surface area (Å²) in [6, 6.07) is 2.73. The van der Waals surface area contributed by atoms with E-state index < -0.39 is 11.4 Å². The van der Waals surface area contributed by atoms with Gasteiger partial charge in [-0.1, -0.05) is 12.1 Å². The summed E-state index contributed by atoms with van der Waals surface area (Å²) >= 11 is 0. The molecule has 96 valence electrons. The summed E-state index contributed by atoms with van der Waals surface area (Å²) in [6.07, 6.45) is 3.46. The van der Waals surface area contributed by atoms with Gasteiger partial charge in [0.25, 0.3) is 0 Å². The molecular weight excluding hydrogens is 235 g/mol. The SMILES string of the molecule is CCCn1nncc1C(C)(O)c1ccc(F)cn1. The summed E-state index contributed by atoms with van der Waals surface area (Å²) in [6.45, 7) is 4.26. The third-order valence-electron chi connectivity index (χ3n) is 2.78. The Balaban J connectivity index is 2.40. The summed E-state index contributed by atoms with van der Waals surface area (Å²) in [5.74, 6) is -0.435. The van der Waals surface area contributed by atoms with Gasteiger partial charge in [-0.3, -0.25) is 4.98 Å². The molecule has 5 nitrogen and oxygen atoms in total. The molecule has 1 N–H and O–H groups in total. The largest absolute Gasteiger partial charge is 0.377 e. The van der Waals surface area contributed by atoms with Crippen molar-refractivity contribution in [1.29, 1.82) is 0 Å². The molecule has 2 aromatic heterocycles. The lowest BCUT2D eigenvalue weighted by Crippen LogP contribution is -2.28. The molecule has 2 heterocycles. The second kappa shape index (κ2) is 4.81. The Labute approximate surface area is 104 Å². The first kappa shape index (κ1) is 12.6. The average molecular weight is 250 g/mol. The van der Waals surface area contributed by atoms with Crippen LogP contribution in [0.3, 0.4) is 0 Å². The molecule has 0 saturated carbocycles. The lowest BCUT2D eigenvalue weighted by Gasteiger charge is -2.22. The molecule has 0 radical (unpaired) electrons. The summed E-state index contributed by atoms with van der Waals surface area (Å²) in [4.78, 5) is 3.91. The molecule has 0 aromatic carbocycles. The van der Waals surface area contributed by atoms with Gasteiger partial charge in [-0.15, -0.1) is 5.10 Å². The van der Waals surface area contributed by atoms with E-state index in [0.29, 0.717) is 17.9 Å². The van der Waals surface area contributed by atoms with Crippen LogP contribution < -0.4 is 0 Å². The van der Waals surface area contributed by atoms with Crippen LogP contribution in [0.25, 0.3) is 0 Å². The van der Waals surface area contributed by atoms with Gasteiger partial charge in [0.1, 0.15) is 11.4 Å². The van der Waals surface area contributed by atoms with E-state index in [-0.39, 0.29) is 0 Å². The average Bonchev–Trinajstić information content (AvgIpc) is 2.79. The van der Waals surface area contributed by atoms with Crippen molar-refractivity contribution in [2.45, 2.75) is 32.4 Å². The minimum absolute atomic E-state index is 0.364. The van der Waals surface area contributed by atoms with Crippen LogP contribution in [0.4, 0.5) is 4.39 Å². The Morgan fingerprint density at radius 2 is 2.17 bits per heavy atom. The van der Waals surface area contributed by atoms with Gasteiger partial charge in [0, 0.05) is 6.54 Å². The van der Waals surface area contributed by atoms with Gasteiger partial charge in [0.15, 0.2) is 0 Å². The van der Waals surface area contributed by atoms with Gasteiger partial charge in [-0.2, -0.15) is 0 Å². The van der Waals surface area contributed by atoms with Crippen molar-refractivity contribution in [2.24, 2.45) is 0 Å². The summed E-state index contributed by atoms with van der Waals surface area (Å²) < 4.78 is 14.5. The monoisotopic (exact) mass is 250 g/mol. The molecule has 1 atom stereocenters. The number of hydrogen-bond acceptors (Lipinski definition) is 4. The molecule has 0 aliphatic heterocycles. The molecule has 6 heteroatoms. The molecule has 2 rings (SSSR count). The predicted molar refractivity (Wildman–Crippen MR) is 63.2 cm³/mol. The van der Waals surface area contributed by atoms with E-state index in [4.69, 9.17) is 0 Å².